The second-order valence-corrected chi connectivity index (χ2v) is 5.79. The number of carboxylic acids is 1. The molecule has 20 heavy (non-hydrogen) atoms. The van der Waals surface area contributed by atoms with Crippen LogP contribution in [0.15, 0.2) is 0 Å². The van der Waals surface area contributed by atoms with Crippen LogP contribution in [-0.4, -0.2) is 39.6 Å². The summed E-state index contributed by atoms with van der Waals surface area (Å²) in [7, 11) is 0. The van der Waals surface area contributed by atoms with E-state index in [-0.39, 0.29) is 12.6 Å². The van der Waals surface area contributed by atoms with Crippen molar-refractivity contribution < 1.29 is 14.7 Å². The number of aliphatic carboxylic acids is 1. The van der Waals surface area contributed by atoms with Gasteiger partial charge in [0.15, 0.2) is 5.13 Å². The van der Waals surface area contributed by atoms with Gasteiger partial charge in [0.2, 0.25) is 0 Å². The minimum atomic E-state index is -1.02. The van der Waals surface area contributed by atoms with Crippen LogP contribution in [0, 0.1) is 6.92 Å². The van der Waals surface area contributed by atoms with Gasteiger partial charge in [0.1, 0.15) is 6.54 Å². The average molecular weight is 299 g/mol. The maximum absolute atomic E-state index is 12.2. The van der Waals surface area contributed by atoms with Gasteiger partial charge in [0, 0.05) is 10.9 Å². The average Bonchev–Trinajstić information content (AvgIpc) is 2.74. The predicted octanol–water partition coefficient (Wildman–Crippen LogP) is 2.73. The number of aromatic nitrogens is 1. The van der Waals surface area contributed by atoms with Gasteiger partial charge in [-0.2, -0.15) is 0 Å². The lowest BCUT2D eigenvalue weighted by Crippen LogP contribution is -2.44. The molecule has 112 valence electrons. The van der Waals surface area contributed by atoms with E-state index < -0.39 is 12.0 Å². The number of thiazole rings is 1. The number of hydrogen-bond acceptors (Lipinski definition) is 4. The van der Waals surface area contributed by atoms with E-state index in [4.69, 9.17) is 5.11 Å². The SMILES string of the molecule is CCc1nc(NC(=O)N(CC(=O)O)C(C)CC)sc1C. The van der Waals surface area contributed by atoms with Crippen LogP contribution in [0.4, 0.5) is 9.93 Å². The summed E-state index contributed by atoms with van der Waals surface area (Å²) in [5.74, 6) is -1.02. The highest BCUT2D eigenvalue weighted by molar-refractivity contribution is 7.15. The van der Waals surface area contributed by atoms with Gasteiger partial charge in [-0.05, 0) is 26.7 Å². The Labute approximate surface area is 122 Å². The topological polar surface area (TPSA) is 82.5 Å². The third-order valence-corrected chi connectivity index (χ3v) is 4.06. The molecule has 0 spiro atoms. The number of carbonyl (C=O) groups excluding carboxylic acids is 1. The third kappa shape index (κ3) is 4.19. The predicted molar refractivity (Wildman–Crippen MR) is 79.3 cm³/mol. The molecular weight excluding hydrogens is 278 g/mol. The Morgan fingerprint density at radius 1 is 1.45 bits per heavy atom. The molecule has 0 aliphatic rings. The van der Waals surface area contributed by atoms with Crippen molar-refractivity contribution in [1.82, 2.24) is 9.88 Å². The van der Waals surface area contributed by atoms with Gasteiger partial charge in [-0.3, -0.25) is 10.1 Å². The summed E-state index contributed by atoms with van der Waals surface area (Å²) >= 11 is 1.41. The molecule has 0 aliphatic carbocycles. The van der Waals surface area contributed by atoms with Gasteiger partial charge in [0.05, 0.1) is 5.69 Å². The van der Waals surface area contributed by atoms with Crippen LogP contribution in [0.3, 0.4) is 0 Å². The molecular formula is C13H21N3O3S. The molecule has 1 unspecified atom stereocenters. The fourth-order valence-electron chi connectivity index (χ4n) is 1.77. The monoisotopic (exact) mass is 299 g/mol. The molecule has 1 rings (SSSR count). The number of nitrogens with zero attached hydrogens (tertiary/aromatic N) is 2. The number of anilines is 1. The highest BCUT2D eigenvalue weighted by Gasteiger charge is 2.22. The van der Waals surface area contributed by atoms with Crippen LogP contribution in [0.1, 0.15) is 37.8 Å². The lowest BCUT2D eigenvalue weighted by molar-refractivity contribution is -0.138. The summed E-state index contributed by atoms with van der Waals surface area (Å²) in [6.45, 7) is 7.38. The van der Waals surface area contributed by atoms with Crippen LogP contribution in [-0.2, 0) is 11.2 Å². The second-order valence-electron chi connectivity index (χ2n) is 4.58. The summed E-state index contributed by atoms with van der Waals surface area (Å²) in [6, 6.07) is -0.559. The van der Waals surface area contributed by atoms with E-state index in [1.165, 1.54) is 16.2 Å². The molecule has 0 fully saturated rings. The van der Waals surface area contributed by atoms with Crippen molar-refractivity contribution in [3.05, 3.63) is 10.6 Å². The highest BCUT2D eigenvalue weighted by atomic mass is 32.1. The van der Waals surface area contributed by atoms with Gasteiger partial charge in [-0.25, -0.2) is 9.78 Å². The fourth-order valence-corrected chi connectivity index (χ4v) is 2.66. The van der Waals surface area contributed by atoms with Gasteiger partial charge >= 0.3 is 12.0 Å². The van der Waals surface area contributed by atoms with E-state index in [0.29, 0.717) is 11.6 Å². The van der Waals surface area contributed by atoms with Crippen LogP contribution in [0.2, 0.25) is 0 Å². The minimum Gasteiger partial charge on any atom is -0.480 e. The first-order valence-electron chi connectivity index (χ1n) is 6.64. The number of carbonyl (C=O) groups is 2. The summed E-state index contributed by atoms with van der Waals surface area (Å²) in [5, 5.41) is 12.1. The molecule has 1 aromatic heterocycles. The van der Waals surface area contributed by atoms with E-state index in [2.05, 4.69) is 10.3 Å². The lowest BCUT2D eigenvalue weighted by Gasteiger charge is -2.26. The smallest absolute Gasteiger partial charge is 0.324 e. The molecule has 2 amide bonds. The molecule has 0 radical (unpaired) electrons. The molecule has 2 N–H and O–H groups in total. The Balaban J connectivity index is 2.81. The largest absolute Gasteiger partial charge is 0.480 e. The summed E-state index contributed by atoms with van der Waals surface area (Å²) in [5.41, 5.74) is 0.957. The number of carboxylic acid groups (broad SMARTS) is 1. The fraction of sp³-hybridized carbons (Fsp3) is 0.615. The molecule has 6 nitrogen and oxygen atoms in total. The van der Waals surface area contributed by atoms with Gasteiger partial charge < -0.3 is 10.0 Å². The molecule has 1 aromatic rings. The zero-order valence-corrected chi connectivity index (χ0v) is 13.1. The van der Waals surface area contributed by atoms with Gasteiger partial charge in [-0.15, -0.1) is 11.3 Å². The van der Waals surface area contributed by atoms with Crippen molar-refractivity contribution >= 4 is 28.5 Å². The molecule has 0 saturated heterocycles. The molecule has 1 heterocycles. The summed E-state index contributed by atoms with van der Waals surface area (Å²) in [6.07, 6.45) is 1.50. The van der Waals surface area contributed by atoms with Crippen molar-refractivity contribution in [2.24, 2.45) is 0 Å². The van der Waals surface area contributed by atoms with Crippen LogP contribution >= 0.6 is 11.3 Å². The Hall–Kier alpha value is -1.63. The second kappa shape index (κ2) is 7.23. The third-order valence-electron chi connectivity index (χ3n) is 3.13. The number of hydrogen-bond donors (Lipinski definition) is 2. The summed E-state index contributed by atoms with van der Waals surface area (Å²) in [4.78, 5) is 29.7. The molecule has 0 bridgehead atoms. The Kier molecular flexibility index (Phi) is 5.94. The first kappa shape index (κ1) is 16.4. The number of nitrogens with one attached hydrogen (secondary N) is 1. The van der Waals surface area contributed by atoms with Crippen LogP contribution in [0.25, 0.3) is 0 Å². The lowest BCUT2D eigenvalue weighted by atomic mass is 10.2. The number of rotatable bonds is 6. The minimum absolute atomic E-state index is 0.141. The Bertz CT molecular complexity index is 487. The number of urea groups is 1. The van der Waals surface area contributed by atoms with Crippen molar-refractivity contribution in [3.8, 4) is 0 Å². The van der Waals surface area contributed by atoms with E-state index >= 15 is 0 Å². The zero-order valence-electron chi connectivity index (χ0n) is 12.3. The van der Waals surface area contributed by atoms with Crippen LogP contribution < -0.4 is 5.32 Å². The normalized spacial score (nSPS) is 12.0. The van der Waals surface area contributed by atoms with Crippen LogP contribution in [0.5, 0.6) is 0 Å². The van der Waals surface area contributed by atoms with Gasteiger partial charge in [-0.1, -0.05) is 13.8 Å². The van der Waals surface area contributed by atoms with E-state index in [1.54, 1.807) is 0 Å². The first-order chi connectivity index (χ1) is 9.38. The van der Waals surface area contributed by atoms with Gasteiger partial charge in [0.25, 0.3) is 0 Å². The Morgan fingerprint density at radius 3 is 2.55 bits per heavy atom. The molecule has 7 heteroatoms. The Morgan fingerprint density at radius 2 is 2.10 bits per heavy atom. The first-order valence-corrected chi connectivity index (χ1v) is 7.46. The maximum atomic E-state index is 12.2. The van der Waals surface area contributed by atoms with E-state index in [1.807, 2.05) is 27.7 Å². The van der Waals surface area contributed by atoms with Crippen molar-refractivity contribution in [3.63, 3.8) is 0 Å². The number of amides is 2. The molecule has 0 aliphatic heterocycles. The highest BCUT2D eigenvalue weighted by Crippen LogP contribution is 2.22. The van der Waals surface area contributed by atoms with Crippen molar-refractivity contribution in [2.45, 2.75) is 46.6 Å². The summed E-state index contributed by atoms with van der Waals surface area (Å²) < 4.78 is 0. The molecule has 1 atom stereocenters. The van der Waals surface area contributed by atoms with E-state index in [0.717, 1.165) is 17.0 Å². The molecule has 0 saturated carbocycles. The molecule has 0 aromatic carbocycles. The maximum Gasteiger partial charge on any atom is 0.324 e. The zero-order chi connectivity index (χ0) is 15.3. The van der Waals surface area contributed by atoms with Crippen molar-refractivity contribution in [2.75, 3.05) is 11.9 Å². The number of aryl methyl sites for hydroxylation is 2. The van der Waals surface area contributed by atoms with Crippen molar-refractivity contribution in [1.29, 1.82) is 0 Å². The standard InChI is InChI=1S/C13H21N3O3S/c1-5-8(3)16(7-11(17)18)13(19)15-12-14-10(6-2)9(4)20-12/h8H,5-7H2,1-4H3,(H,17,18)(H,14,15,19). The quantitative estimate of drug-likeness (QED) is 0.846. The van der Waals surface area contributed by atoms with E-state index in [9.17, 15) is 9.59 Å².